The summed E-state index contributed by atoms with van der Waals surface area (Å²) in [6.45, 7) is 2.46. The van der Waals surface area contributed by atoms with Gasteiger partial charge in [-0.25, -0.2) is 13.1 Å². The number of tetrazole rings is 1. The molecular formula is C9H13N7O2S. The summed E-state index contributed by atoms with van der Waals surface area (Å²) in [7, 11) is -2.27. The predicted molar refractivity (Wildman–Crippen MR) is 68.0 cm³/mol. The molecule has 19 heavy (non-hydrogen) atoms. The summed E-state index contributed by atoms with van der Waals surface area (Å²) in [6, 6.07) is 1.59. The standard InChI is InChI=1S/C9H13N7O2S/c1-3-11-7-4-5-10-6-8(7)19(17,18)14-9-12-15-16(2)13-9/h4-6H,3H2,1-2H3,(H,10,11)(H,13,14). The molecule has 0 bridgehead atoms. The predicted octanol–water partition coefficient (Wildman–Crippen LogP) is -0.162. The van der Waals surface area contributed by atoms with Gasteiger partial charge in [-0.1, -0.05) is 5.10 Å². The molecule has 10 heteroatoms. The topological polar surface area (TPSA) is 115 Å². The van der Waals surface area contributed by atoms with Crippen molar-refractivity contribution in [2.45, 2.75) is 11.8 Å². The lowest BCUT2D eigenvalue weighted by atomic mass is 10.4. The fraction of sp³-hybridized carbons (Fsp3) is 0.333. The molecule has 0 aromatic carbocycles. The summed E-state index contributed by atoms with van der Waals surface area (Å²) in [4.78, 5) is 5.01. The number of anilines is 2. The zero-order valence-electron chi connectivity index (χ0n) is 10.4. The molecule has 2 heterocycles. The van der Waals surface area contributed by atoms with E-state index in [1.54, 1.807) is 13.1 Å². The maximum Gasteiger partial charge on any atom is 0.277 e. The summed E-state index contributed by atoms with van der Waals surface area (Å²) in [5, 5.41) is 13.8. The van der Waals surface area contributed by atoms with Crippen molar-refractivity contribution in [1.82, 2.24) is 25.2 Å². The Morgan fingerprint density at radius 2 is 2.21 bits per heavy atom. The molecule has 0 aliphatic carbocycles. The first-order chi connectivity index (χ1) is 9.03. The molecule has 102 valence electrons. The molecular weight excluding hydrogens is 270 g/mol. The van der Waals surface area contributed by atoms with Crippen molar-refractivity contribution in [2.24, 2.45) is 7.05 Å². The lowest BCUT2D eigenvalue weighted by Gasteiger charge is -2.10. The molecule has 2 N–H and O–H groups in total. The van der Waals surface area contributed by atoms with Crippen molar-refractivity contribution >= 4 is 21.7 Å². The van der Waals surface area contributed by atoms with Gasteiger partial charge in [0.2, 0.25) is 0 Å². The Bertz CT molecular complexity index is 667. The highest BCUT2D eigenvalue weighted by atomic mass is 32.2. The Morgan fingerprint density at radius 1 is 1.42 bits per heavy atom. The van der Waals surface area contributed by atoms with Crippen LogP contribution in [0, 0.1) is 0 Å². The van der Waals surface area contributed by atoms with Crippen LogP contribution in [0.4, 0.5) is 11.6 Å². The minimum Gasteiger partial charge on any atom is -0.384 e. The first kappa shape index (κ1) is 13.2. The zero-order chi connectivity index (χ0) is 13.9. The third-order valence-electron chi connectivity index (χ3n) is 2.18. The van der Waals surface area contributed by atoms with Gasteiger partial charge in [0.05, 0.1) is 12.7 Å². The number of rotatable bonds is 5. The van der Waals surface area contributed by atoms with Gasteiger partial charge >= 0.3 is 0 Å². The molecule has 0 aliphatic rings. The maximum absolute atomic E-state index is 12.2. The number of aromatic nitrogens is 5. The molecule has 0 amide bonds. The van der Waals surface area contributed by atoms with Crippen LogP contribution in [0.1, 0.15) is 6.92 Å². The number of nitrogens with one attached hydrogen (secondary N) is 2. The number of aryl methyl sites for hydroxylation is 1. The van der Waals surface area contributed by atoms with E-state index in [0.717, 1.165) is 4.80 Å². The summed E-state index contributed by atoms with van der Waals surface area (Å²) in [6.07, 6.45) is 2.77. The first-order valence-corrected chi connectivity index (χ1v) is 6.96. The minimum atomic E-state index is -3.81. The maximum atomic E-state index is 12.2. The number of nitrogens with zero attached hydrogens (tertiary/aromatic N) is 5. The average Bonchev–Trinajstić information content (AvgIpc) is 2.75. The van der Waals surface area contributed by atoms with Gasteiger partial charge in [0, 0.05) is 18.9 Å². The van der Waals surface area contributed by atoms with Crippen molar-refractivity contribution in [3.63, 3.8) is 0 Å². The van der Waals surface area contributed by atoms with Crippen LogP contribution in [0.5, 0.6) is 0 Å². The highest BCUT2D eigenvalue weighted by molar-refractivity contribution is 7.92. The van der Waals surface area contributed by atoms with E-state index >= 15 is 0 Å². The van der Waals surface area contributed by atoms with Crippen LogP contribution < -0.4 is 10.0 Å². The Labute approximate surface area is 110 Å². The number of hydrogen-bond acceptors (Lipinski definition) is 7. The molecule has 2 aromatic heterocycles. The summed E-state index contributed by atoms with van der Waals surface area (Å²) >= 11 is 0. The second-order valence-electron chi connectivity index (χ2n) is 3.61. The lowest BCUT2D eigenvalue weighted by molar-refractivity contribution is 0.600. The Balaban J connectivity index is 2.34. The molecule has 0 spiro atoms. The smallest absolute Gasteiger partial charge is 0.277 e. The molecule has 0 atom stereocenters. The van der Waals surface area contributed by atoms with Crippen molar-refractivity contribution in [2.75, 3.05) is 16.6 Å². The van der Waals surface area contributed by atoms with E-state index in [4.69, 9.17) is 0 Å². The van der Waals surface area contributed by atoms with Crippen LogP contribution in [-0.4, -0.2) is 40.2 Å². The Kier molecular flexibility index (Phi) is 3.60. The Hall–Kier alpha value is -2.23. The van der Waals surface area contributed by atoms with E-state index in [9.17, 15) is 8.42 Å². The molecule has 0 unspecified atom stereocenters. The van der Waals surface area contributed by atoms with Crippen molar-refractivity contribution < 1.29 is 8.42 Å². The van der Waals surface area contributed by atoms with Gasteiger partial charge in [-0.05, 0) is 18.2 Å². The van der Waals surface area contributed by atoms with Crippen LogP contribution in [0.2, 0.25) is 0 Å². The quantitative estimate of drug-likeness (QED) is 0.783. The average molecular weight is 283 g/mol. The molecule has 0 radical (unpaired) electrons. The highest BCUT2D eigenvalue weighted by Gasteiger charge is 2.20. The molecule has 0 fully saturated rings. The molecule has 0 saturated heterocycles. The van der Waals surface area contributed by atoms with Crippen molar-refractivity contribution in [3.8, 4) is 0 Å². The van der Waals surface area contributed by atoms with E-state index in [-0.39, 0.29) is 10.8 Å². The van der Waals surface area contributed by atoms with E-state index in [1.165, 1.54) is 12.4 Å². The van der Waals surface area contributed by atoms with E-state index < -0.39 is 10.0 Å². The van der Waals surface area contributed by atoms with Crippen LogP contribution in [0.15, 0.2) is 23.4 Å². The van der Waals surface area contributed by atoms with Crippen molar-refractivity contribution in [1.29, 1.82) is 0 Å². The van der Waals surface area contributed by atoms with E-state index in [0.29, 0.717) is 12.2 Å². The van der Waals surface area contributed by atoms with E-state index in [1.807, 2.05) is 6.92 Å². The molecule has 0 aliphatic heterocycles. The second kappa shape index (κ2) is 5.18. The van der Waals surface area contributed by atoms with Gasteiger partial charge in [-0.15, -0.1) is 5.10 Å². The molecule has 2 rings (SSSR count). The minimum absolute atomic E-state index is 0.0318. The summed E-state index contributed by atoms with van der Waals surface area (Å²) < 4.78 is 26.6. The van der Waals surface area contributed by atoms with Gasteiger partial charge in [-0.3, -0.25) is 4.98 Å². The van der Waals surface area contributed by atoms with Crippen LogP contribution >= 0.6 is 0 Å². The van der Waals surface area contributed by atoms with Crippen molar-refractivity contribution in [3.05, 3.63) is 18.5 Å². The van der Waals surface area contributed by atoms with Gasteiger partial charge < -0.3 is 5.32 Å². The normalized spacial score (nSPS) is 11.3. The second-order valence-corrected chi connectivity index (χ2v) is 5.26. The largest absolute Gasteiger partial charge is 0.384 e. The van der Waals surface area contributed by atoms with Gasteiger partial charge in [-0.2, -0.15) is 4.80 Å². The highest BCUT2D eigenvalue weighted by Crippen LogP contribution is 2.20. The van der Waals surface area contributed by atoms with Gasteiger partial charge in [0.15, 0.2) is 0 Å². The lowest BCUT2D eigenvalue weighted by Crippen LogP contribution is -2.16. The Morgan fingerprint density at radius 3 is 2.84 bits per heavy atom. The first-order valence-electron chi connectivity index (χ1n) is 5.47. The monoisotopic (exact) mass is 283 g/mol. The molecule has 2 aromatic rings. The third kappa shape index (κ3) is 2.96. The summed E-state index contributed by atoms with van der Waals surface area (Å²) in [5.41, 5.74) is 0.467. The fourth-order valence-corrected chi connectivity index (χ4v) is 2.49. The molecule has 9 nitrogen and oxygen atoms in total. The van der Waals surface area contributed by atoms with Crippen LogP contribution in [0.25, 0.3) is 0 Å². The third-order valence-corrected chi connectivity index (χ3v) is 3.53. The van der Waals surface area contributed by atoms with Gasteiger partial charge in [0.1, 0.15) is 4.90 Å². The van der Waals surface area contributed by atoms with E-state index in [2.05, 4.69) is 30.4 Å². The van der Waals surface area contributed by atoms with Gasteiger partial charge in [0.25, 0.3) is 16.0 Å². The van der Waals surface area contributed by atoms with Crippen LogP contribution in [0.3, 0.4) is 0 Å². The van der Waals surface area contributed by atoms with Crippen LogP contribution in [-0.2, 0) is 17.1 Å². The SMILES string of the molecule is CCNc1ccncc1S(=O)(=O)Nc1nnn(C)n1. The number of sulfonamides is 1. The fourth-order valence-electron chi connectivity index (χ4n) is 1.43. The summed E-state index contributed by atoms with van der Waals surface area (Å²) in [5.74, 6) is -0.0891. The zero-order valence-corrected chi connectivity index (χ0v) is 11.2. The number of pyridine rings is 1. The molecule has 0 saturated carbocycles. The number of hydrogen-bond donors (Lipinski definition) is 2.